The van der Waals surface area contributed by atoms with E-state index in [1.807, 2.05) is 48.7 Å². The Hall–Kier alpha value is -2.55. The second-order valence-electron chi connectivity index (χ2n) is 4.53. The van der Waals surface area contributed by atoms with Gasteiger partial charge in [-0.2, -0.15) is 0 Å². The van der Waals surface area contributed by atoms with Gasteiger partial charge in [-0.25, -0.2) is 4.98 Å². The molecule has 0 spiro atoms. The fraction of sp³-hybridized carbons (Fsp3) is 0.118. The molecule has 1 N–H and O–H groups in total. The maximum absolute atomic E-state index is 5.91. The van der Waals surface area contributed by atoms with Crippen LogP contribution in [0.3, 0.4) is 0 Å². The van der Waals surface area contributed by atoms with Crippen molar-refractivity contribution < 1.29 is 4.74 Å². The Labute approximate surface area is 118 Å². The highest BCUT2D eigenvalue weighted by molar-refractivity contribution is 5.66. The number of hydrogen-bond acceptors (Lipinski definition) is 2. The zero-order valence-electron chi connectivity index (χ0n) is 11.1. The minimum Gasteiger partial charge on any atom is -0.493 e. The Balaban J connectivity index is 1.69. The monoisotopic (exact) mass is 264 g/mol. The second kappa shape index (κ2) is 6.06. The normalized spacial score (nSPS) is 10.4. The van der Waals surface area contributed by atoms with Crippen LogP contribution in [0.25, 0.3) is 11.3 Å². The van der Waals surface area contributed by atoms with Gasteiger partial charge in [-0.1, -0.05) is 42.5 Å². The number of benzene rings is 2. The van der Waals surface area contributed by atoms with E-state index in [0.717, 1.165) is 23.4 Å². The van der Waals surface area contributed by atoms with Gasteiger partial charge in [-0.15, -0.1) is 0 Å². The summed E-state index contributed by atoms with van der Waals surface area (Å²) >= 11 is 0. The van der Waals surface area contributed by atoms with Gasteiger partial charge in [0, 0.05) is 18.2 Å². The Morgan fingerprint density at radius 1 is 0.950 bits per heavy atom. The van der Waals surface area contributed by atoms with Crippen molar-refractivity contribution in [2.24, 2.45) is 0 Å². The fourth-order valence-corrected chi connectivity index (χ4v) is 2.14. The molecule has 0 saturated carbocycles. The summed E-state index contributed by atoms with van der Waals surface area (Å²) in [6.45, 7) is 0.658. The Bertz CT molecular complexity index is 648. The van der Waals surface area contributed by atoms with Crippen LogP contribution in [0.15, 0.2) is 67.1 Å². The van der Waals surface area contributed by atoms with E-state index < -0.39 is 0 Å². The van der Waals surface area contributed by atoms with Gasteiger partial charge in [0.05, 0.1) is 18.6 Å². The van der Waals surface area contributed by atoms with Gasteiger partial charge < -0.3 is 9.72 Å². The molecule has 3 nitrogen and oxygen atoms in total. The molecule has 0 unspecified atom stereocenters. The molecule has 0 amide bonds. The van der Waals surface area contributed by atoms with E-state index in [-0.39, 0.29) is 0 Å². The molecule has 0 radical (unpaired) electrons. The van der Waals surface area contributed by atoms with Crippen LogP contribution in [0.2, 0.25) is 0 Å². The lowest BCUT2D eigenvalue weighted by Gasteiger charge is -2.10. The SMILES string of the molecule is c1ccc(CCOc2ccccc2-c2c[nH]cn2)cc1. The molecule has 1 aromatic heterocycles. The number of nitrogens with one attached hydrogen (secondary N) is 1. The van der Waals surface area contributed by atoms with E-state index in [2.05, 4.69) is 22.1 Å². The summed E-state index contributed by atoms with van der Waals surface area (Å²) in [5.41, 5.74) is 3.20. The highest BCUT2D eigenvalue weighted by Crippen LogP contribution is 2.27. The van der Waals surface area contributed by atoms with Crippen molar-refractivity contribution in [1.29, 1.82) is 0 Å². The average molecular weight is 264 g/mol. The summed E-state index contributed by atoms with van der Waals surface area (Å²) in [6, 6.07) is 18.3. The summed E-state index contributed by atoms with van der Waals surface area (Å²) in [6.07, 6.45) is 4.45. The maximum atomic E-state index is 5.91. The molecule has 0 bridgehead atoms. The summed E-state index contributed by atoms with van der Waals surface area (Å²) in [5.74, 6) is 0.871. The molecule has 100 valence electrons. The van der Waals surface area contributed by atoms with Gasteiger partial charge in [0.15, 0.2) is 0 Å². The third-order valence-electron chi connectivity index (χ3n) is 3.15. The predicted octanol–water partition coefficient (Wildman–Crippen LogP) is 3.70. The van der Waals surface area contributed by atoms with Crippen molar-refractivity contribution in [3.8, 4) is 17.0 Å². The van der Waals surface area contributed by atoms with Gasteiger partial charge in [0.25, 0.3) is 0 Å². The number of H-pyrrole nitrogens is 1. The van der Waals surface area contributed by atoms with Gasteiger partial charge in [0.2, 0.25) is 0 Å². The highest BCUT2D eigenvalue weighted by Gasteiger charge is 2.07. The summed E-state index contributed by atoms with van der Waals surface area (Å²) in [5, 5.41) is 0. The first-order valence-electron chi connectivity index (χ1n) is 6.68. The first-order valence-corrected chi connectivity index (χ1v) is 6.68. The van der Waals surface area contributed by atoms with Crippen LogP contribution < -0.4 is 4.74 Å². The third kappa shape index (κ3) is 2.88. The first-order chi connectivity index (χ1) is 9.93. The quantitative estimate of drug-likeness (QED) is 0.763. The van der Waals surface area contributed by atoms with Crippen molar-refractivity contribution in [2.45, 2.75) is 6.42 Å². The van der Waals surface area contributed by atoms with E-state index >= 15 is 0 Å². The standard InChI is InChI=1S/C17H16N2O/c1-2-6-14(7-3-1)10-11-20-17-9-5-4-8-15(17)16-12-18-13-19-16/h1-9,12-13H,10-11H2,(H,18,19). The van der Waals surface area contributed by atoms with Crippen LogP contribution >= 0.6 is 0 Å². The average Bonchev–Trinajstić information content (AvgIpc) is 3.03. The largest absolute Gasteiger partial charge is 0.493 e. The Morgan fingerprint density at radius 3 is 2.55 bits per heavy atom. The lowest BCUT2D eigenvalue weighted by molar-refractivity contribution is 0.323. The van der Waals surface area contributed by atoms with E-state index in [4.69, 9.17) is 4.74 Å². The minimum atomic E-state index is 0.658. The lowest BCUT2D eigenvalue weighted by Crippen LogP contribution is -2.02. The van der Waals surface area contributed by atoms with Gasteiger partial charge in [-0.3, -0.25) is 0 Å². The highest BCUT2D eigenvalue weighted by atomic mass is 16.5. The van der Waals surface area contributed by atoms with Crippen molar-refractivity contribution in [1.82, 2.24) is 9.97 Å². The number of ether oxygens (including phenoxy) is 1. The van der Waals surface area contributed by atoms with E-state index in [1.165, 1.54) is 5.56 Å². The molecule has 0 aliphatic heterocycles. The fourth-order valence-electron chi connectivity index (χ4n) is 2.14. The molecule has 3 rings (SSSR count). The topological polar surface area (TPSA) is 37.9 Å². The molecule has 2 aromatic carbocycles. The predicted molar refractivity (Wildman–Crippen MR) is 79.7 cm³/mol. The molecule has 1 heterocycles. The smallest absolute Gasteiger partial charge is 0.128 e. The van der Waals surface area contributed by atoms with Gasteiger partial charge >= 0.3 is 0 Å². The van der Waals surface area contributed by atoms with Crippen LogP contribution in [-0.2, 0) is 6.42 Å². The van der Waals surface area contributed by atoms with E-state index in [9.17, 15) is 0 Å². The zero-order valence-corrected chi connectivity index (χ0v) is 11.1. The third-order valence-corrected chi connectivity index (χ3v) is 3.15. The summed E-state index contributed by atoms with van der Waals surface area (Å²) in [4.78, 5) is 7.25. The molecule has 0 saturated heterocycles. The molecule has 0 aliphatic rings. The van der Waals surface area contributed by atoms with Crippen molar-refractivity contribution >= 4 is 0 Å². The number of hydrogen-bond donors (Lipinski definition) is 1. The molecule has 0 aliphatic carbocycles. The van der Waals surface area contributed by atoms with Crippen molar-refractivity contribution in [3.63, 3.8) is 0 Å². The molecule has 0 fully saturated rings. The maximum Gasteiger partial charge on any atom is 0.128 e. The van der Waals surface area contributed by atoms with Crippen LogP contribution in [0, 0.1) is 0 Å². The second-order valence-corrected chi connectivity index (χ2v) is 4.53. The zero-order chi connectivity index (χ0) is 13.6. The number of imidazole rings is 1. The molecular weight excluding hydrogens is 248 g/mol. The number of rotatable bonds is 5. The lowest BCUT2D eigenvalue weighted by atomic mass is 10.1. The Kier molecular flexibility index (Phi) is 3.78. The van der Waals surface area contributed by atoms with Crippen LogP contribution in [0.1, 0.15) is 5.56 Å². The first kappa shape index (κ1) is 12.5. The Morgan fingerprint density at radius 2 is 1.75 bits per heavy atom. The van der Waals surface area contributed by atoms with E-state index in [1.54, 1.807) is 6.33 Å². The summed E-state index contributed by atoms with van der Waals surface area (Å²) < 4.78 is 5.91. The van der Waals surface area contributed by atoms with Crippen LogP contribution in [-0.4, -0.2) is 16.6 Å². The minimum absolute atomic E-state index is 0.658. The molecule has 0 atom stereocenters. The van der Waals surface area contributed by atoms with Crippen LogP contribution in [0.4, 0.5) is 0 Å². The molecular formula is C17H16N2O. The molecule has 3 heteroatoms. The molecule has 3 aromatic rings. The number of para-hydroxylation sites is 1. The van der Waals surface area contributed by atoms with E-state index in [0.29, 0.717) is 6.61 Å². The number of nitrogens with zero attached hydrogens (tertiary/aromatic N) is 1. The summed E-state index contributed by atoms with van der Waals surface area (Å²) in [7, 11) is 0. The van der Waals surface area contributed by atoms with Gasteiger partial charge in [0.1, 0.15) is 5.75 Å². The van der Waals surface area contributed by atoms with Crippen molar-refractivity contribution in [3.05, 3.63) is 72.7 Å². The number of aromatic amines is 1. The van der Waals surface area contributed by atoms with Crippen LogP contribution in [0.5, 0.6) is 5.75 Å². The van der Waals surface area contributed by atoms with Gasteiger partial charge in [-0.05, 0) is 17.7 Å². The van der Waals surface area contributed by atoms with Crippen molar-refractivity contribution in [2.75, 3.05) is 6.61 Å². The molecule has 20 heavy (non-hydrogen) atoms. The number of aromatic nitrogens is 2.